The van der Waals surface area contributed by atoms with Gasteiger partial charge in [0.05, 0.1) is 6.61 Å². The Bertz CT molecular complexity index is 435. The van der Waals surface area contributed by atoms with Crippen LogP contribution in [0.15, 0.2) is 12.1 Å². The van der Waals surface area contributed by atoms with Gasteiger partial charge in [0.1, 0.15) is 5.75 Å². The molecule has 0 saturated heterocycles. The standard InChI is InChI=1S/C13H18O4/c1-5-17-11-7-8(2)10(6-9(11)3)13(4,16)12(14)15/h6-7,16H,5H2,1-4H3,(H,14,15). The monoisotopic (exact) mass is 238 g/mol. The Hall–Kier alpha value is -1.55. The minimum atomic E-state index is -1.88. The number of aliphatic carboxylic acids is 1. The highest BCUT2D eigenvalue weighted by molar-refractivity contribution is 5.79. The first kappa shape index (κ1) is 13.5. The molecule has 1 unspecified atom stereocenters. The summed E-state index contributed by atoms with van der Waals surface area (Å²) in [7, 11) is 0. The number of hydrogen-bond acceptors (Lipinski definition) is 3. The fourth-order valence-electron chi connectivity index (χ4n) is 1.74. The van der Waals surface area contributed by atoms with E-state index in [4.69, 9.17) is 9.84 Å². The summed E-state index contributed by atoms with van der Waals surface area (Å²) in [5.74, 6) is -0.543. The molecule has 0 aliphatic carbocycles. The van der Waals surface area contributed by atoms with Gasteiger partial charge < -0.3 is 14.9 Å². The predicted octanol–water partition coefficient (Wildman–Crippen LogP) is 1.99. The van der Waals surface area contributed by atoms with Crippen molar-refractivity contribution in [3.63, 3.8) is 0 Å². The van der Waals surface area contributed by atoms with Gasteiger partial charge in [-0.2, -0.15) is 0 Å². The molecule has 0 saturated carbocycles. The van der Waals surface area contributed by atoms with Gasteiger partial charge in [0.15, 0.2) is 5.60 Å². The van der Waals surface area contributed by atoms with Crippen molar-refractivity contribution in [3.8, 4) is 5.75 Å². The second-order valence-electron chi connectivity index (χ2n) is 4.24. The summed E-state index contributed by atoms with van der Waals surface area (Å²) in [4.78, 5) is 11.0. The van der Waals surface area contributed by atoms with Gasteiger partial charge in [0.25, 0.3) is 0 Å². The van der Waals surface area contributed by atoms with Crippen molar-refractivity contribution in [2.24, 2.45) is 0 Å². The van der Waals surface area contributed by atoms with Gasteiger partial charge in [-0.3, -0.25) is 0 Å². The number of aryl methyl sites for hydroxylation is 2. The summed E-state index contributed by atoms with van der Waals surface area (Å²) in [6.07, 6.45) is 0. The van der Waals surface area contributed by atoms with Gasteiger partial charge in [-0.1, -0.05) is 0 Å². The molecule has 94 valence electrons. The average Bonchev–Trinajstić information content (AvgIpc) is 2.22. The zero-order chi connectivity index (χ0) is 13.2. The van der Waals surface area contributed by atoms with Crippen LogP contribution in [0.4, 0.5) is 0 Å². The number of hydrogen-bond donors (Lipinski definition) is 2. The summed E-state index contributed by atoms with van der Waals surface area (Å²) in [6, 6.07) is 3.42. The smallest absolute Gasteiger partial charge is 0.340 e. The highest BCUT2D eigenvalue weighted by atomic mass is 16.5. The molecule has 0 heterocycles. The van der Waals surface area contributed by atoms with Crippen molar-refractivity contribution < 1.29 is 19.7 Å². The molecule has 0 radical (unpaired) electrons. The minimum Gasteiger partial charge on any atom is -0.494 e. The van der Waals surface area contributed by atoms with Gasteiger partial charge in [-0.15, -0.1) is 0 Å². The Morgan fingerprint density at radius 2 is 1.94 bits per heavy atom. The number of carboxylic acids is 1. The van der Waals surface area contributed by atoms with Crippen LogP contribution >= 0.6 is 0 Å². The Kier molecular flexibility index (Phi) is 3.78. The lowest BCUT2D eigenvalue weighted by Crippen LogP contribution is -2.32. The summed E-state index contributed by atoms with van der Waals surface area (Å²) in [6.45, 7) is 7.29. The Morgan fingerprint density at radius 3 is 2.41 bits per heavy atom. The van der Waals surface area contributed by atoms with Crippen LogP contribution < -0.4 is 4.74 Å². The van der Waals surface area contributed by atoms with Crippen molar-refractivity contribution in [1.29, 1.82) is 0 Å². The first-order chi connectivity index (χ1) is 7.80. The lowest BCUT2D eigenvalue weighted by atomic mass is 9.90. The molecular weight excluding hydrogens is 220 g/mol. The van der Waals surface area contributed by atoms with E-state index in [0.717, 1.165) is 11.3 Å². The highest BCUT2D eigenvalue weighted by Crippen LogP contribution is 2.30. The van der Waals surface area contributed by atoms with Crippen LogP contribution in [0.5, 0.6) is 5.75 Å². The van der Waals surface area contributed by atoms with E-state index in [0.29, 0.717) is 17.7 Å². The van der Waals surface area contributed by atoms with Crippen LogP contribution in [0.2, 0.25) is 0 Å². The molecule has 17 heavy (non-hydrogen) atoms. The van der Waals surface area contributed by atoms with Crippen LogP contribution in [-0.2, 0) is 10.4 Å². The Balaban J connectivity index is 3.29. The van der Waals surface area contributed by atoms with Crippen molar-refractivity contribution in [3.05, 3.63) is 28.8 Å². The van der Waals surface area contributed by atoms with E-state index in [1.807, 2.05) is 13.8 Å². The highest BCUT2D eigenvalue weighted by Gasteiger charge is 2.34. The fraction of sp³-hybridized carbons (Fsp3) is 0.462. The maximum absolute atomic E-state index is 11.0. The van der Waals surface area contributed by atoms with Crippen LogP contribution in [0.25, 0.3) is 0 Å². The lowest BCUT2D eigenvalue weighted by Gasteiger charge is -2.22. The molecule has 1 rings (SSSR count). The molecule has 0 bridgehead atoms. The SMILES string of the molecule is CCOc1cc(C)c(C(C)(O)C(=O)O)cc1C. The van der Waals surface area contributed by atoms with Crippen LogP contribution in [-0.4, -0.2) is 22.8 Å². The molecule has 0 aliphatic heterocycles. The molecule has 0 amide bonds. The van der Waals surface area contributed by atoms with Crippen molar-refractivity contribution >= 4 is 5.97 Å². The largest absolute Gasteiger partial charge is 0.494 e. The molecular formula is C13H18O4. The zero-order valence-corrected chi connectivity index (χ0v) is 10.6. The van der Waals surface area contributed by atoms with Crippen molar-refractivity contribution in [2.45, 2.75) is 33.3 Å². The van der Waals surface area contributed by atoms with Gasteiger partial charge >= 0.3 is 5.97 Å². The number of carbonyl (C=O) groups is 1. The Morgan fingerprint density at radius 1 is 1.35 bits per heavy atom. The van der Waals surface area contributed by atoms with E-state index in [1.54, 1.807) is 19.1 Å². The summed E-state index contributed by atoms with van der Waals surface area (Å²) in [5.41, 5.74) is 0.0333. The summed E-state index contributed by atoms with van der Waals surface area (Å²) >= 11 is 0. The summed E-state index contributed by atoms with van der Waals surface area (Å²) < 4.78 is 5.42. The molecule has 1 aromatic carbocycles. The van der Waals surface area contributed by atoms with E-state index in [-0.39, 0.29) is 0 Å². The quantitative estimate of drug-likeness (QED) is 0.841. The molecule has 0 spiro atoms. The molecule has 4 nitrogen and oxygen atoms in total. The van der Waals surface area contributed by atoms with E-state index in [2.05, 4.69) is 0 Å². The third-order valence-electron chi connectivity index (χ3n) is 2.76. The van der Waals surface area contributed by atoms with E-state index >= 15 is 0 Å². The topological polar surface area (TPSA) is 66.8 Å². The molecule has 1 atom stereocenters. The molecule has 4 heteroatoms. The number of aliphatic hydroxyl groups is 1. The maximum atomic E-state index is 11.0. The lowest BCUT2D eigenvalue weighted by molar-refractivity contribution is -0.157. The Labute approximate surface area is 101 Å². The fourth-order valence-corrected chi connectivity index (χ4v) is 1.74. The van der Waals surface area contributed by atoms with Gasteiger partial charge in [-0.05, 0) is 56.5 Å². The normalized spacial score (nSPS) is 14.2. The number of rotatable bonds is 4. The van der Waals surface area contributed by atoms with Crippen LogP contribution in [0, 0.1) is 13.8 Å². The molecule has 1 aromatic rings. The van der Waals surface area contributed by atoms with E-state index in [9.17, 15) is 9.90 Å². The van der Waals surface area contributed by atoms with Gasteiger partial charge in [0, 0.05) is 0 Å². The predicted molar refractivity (Wildman–Crippen MR) is 64.3 cm³/mol. The first-order valence-corrected chi connectivity index (χ1v) is 5.51. The van der Waals surface area contributed by atoms with Crippen LogP contribution in [0.3, 0.4) is 0 Å². The first-order valence-electron chi connectivity index (χ1n) is 5.51. The molecule has 2 N–H and O–H groups in total. The average molecular weight is 238 g/mol. The van der Waals surface area contributed by atoms with Gasteiger partial charge in [0.2, 0.25) is 0 Å². The van der Waals surface area contributed by atoms with Crippen molar-refractivity contribution in [2.75, 3.05) is 6.61 Å². The number of ether oxygens (including phenoxy) is 1. The zero-order valence-electron chi connectivity index (χ0n) is 10.6. The maximum Gasteiger partial charge on any atom is 0.340 e. The van der Waals surface area contributed by atoms with E-state index in [1.165, 1.54) is 6.92 Å². The van der Waals surface area contributed by atoms with Crippen LogP contribution in [0.1, 0.15) is 30.5 Å². The number of carboxylic acid groups (broad SMARTS) is 1. The van der Waals surface area contributed by atoms with E-state index < -0.39 is 11.6 Å². The number of benzene rings is 1. The third-order valence-corrected chi connectivity index (χ3v) is 2.76. The summed E-state index contributed by atoms with van der Waals surface area (Å²) in [5, 5.41) is 19.0. The molecule has 0 aliphatic rings. The molecule has 0 aromatic heterocycles. The molecule has 0 fully saturated rings. The minimum absolute atomic E-state index is 0.394. The van der Waals surface area contributed by atoms with Crippen molar-refractivity contribution in [1.82, 2.24) is 0 Å². The van der Waals surface area contributed by atoms with Gasteiger partial charge in [-0.25, -0.2) is 4.79 Å². The second-order valence-corrected chi connectivity index (χ2v) is 4.24. The third kappa shape index (κ3) is 2.58. The second kappa shape index (κ2) is 4.75.